The van der Waals surface area contributed by atoms with E-state index in [-0.39, 0.29) is 24.0 Å². The van der Waals surface area contributed by atoms with Gasteiger partial charge in [0.05, 0.1) is 5.56 Å². The number of carbonyl (C=O) groups is 2. The van der Waals surface area contributed by atoms with Crippen LogP contribution in [0, 0.1) is 5.92 Å². The highest BCUT2D eigenvalue weighted by Gasteiger charge is 2.24. The number of anilines is 1. The molecule has 6 nitrogen and oxygen atoms in total. The number of para-hydroxylation sites is 1. The second kappa shape index (κ2) is 10.00. The van der Waals surface area contributed by atoms with Crippen LogP contribution in [-0.2, 0) is 0 Å². The highest BCUT2D eigenvalue weighted by molar-refractivity contribution is 6.00. The lowest BCUT2D eigenvalue weighted by Gasteiger charge is -2.35. The van der Waals surface area contributed by atoms with E-state index in [2.05, 4.69) is 41.3 Å². The molecule has 27 heavy (non-hydrogen) atoms. The van der Waals surface area contributed by atoms with E-state index in [0.717, 1.165) is 31.6 Å². The molecule has 1 aromatic rings. The number of nitrogens with one attached hydrogen (secondary N) is 3. The molecule has 1 atom stereocenters. The summed E-state index contributed by atoms with van der Waals surface area (Å²) in [6.07, 6.45) is 3.35. The SMILES string of the molecule is C=CCNC(=O)NC1CCN(c2ccccc2C(=O)N[C@@H](C)C(C)C)CC1. The quantitative estimate of drug-likeness (QED) is 0.644. The van der Waals surface area contributed by atoms with Gasteiger partial charge < -0.3 is 20.9 Å². The molecule has 3 N–H and O–H groups in total. The Morgan fingerprint density at radius 1 is 1.22 bits per heavy atom. The van der Waals surface area contributed by atoms with Gasteiger partial charge in [0.1, 0.15) is 0 Å². The topological polar surface area (TPSA) is 73.5 Å². The molecule has 0 saturated carbocycles. The summed E-state index contributed by atoms with van der Waals surface area (Å²) in [6.45, 7) is 11.9. The second-order valence-electron chi connectivity index (χ2n) is 7.43. The number of carbonyl (C=O) groups excluding carboxylic acids is 2. The van der Waals surface area contributed by atoms with E-state index in [1.54, 1.807) is 6.08 Å². The maximum atomic E-state index is 12.7. The van der Waals surface area contributed by atoms with Crippen molar-refractivity contribution in [1.29, 1.82) is 0 Å². The van der Waals surface area contributed by atoms with Crippen molar-refractivity contribution >= 4 is 17.6 Å². The van der Waals surface area contributed by atoms with E-state index < -0.39 is 0 Å². The van der Waals surface area contributed by atoms with Crippen LogP contribution in [-0.4, -0.2) is 43.7 Å². The summed E-state index contributed by atoms with van der Waals surface area (Å²) < 4.78 is 0. The van der Waals surface area contributed by atoms with Crippen LogP contribution in [0.3, 0.4) is 0 Å². The molecule has 0 aromatic heterocycles. The number of piperidine rings is 1. The van der Waals surface area contributed by atoms with Gasteiger partial charge in [0.15, 0.2) is 0 Å². The van der Waals surface area contributed by atoms with Crippen molar-refractivity contribution < 1.29 is 9.59 Å². The molecular formula is C21H32N4O2. The lowest BCUT2D eigenvalue weighted by molar-refractivity contribution is 0.0931. The summed E-state index contributed by atoms with van der Waals surface area (Å²) in [7, 11) is 0. The van der Waals surface area contributed by atoms with E-state index in [9.17, 15) is 9.59 Å². The van der Waals surface area contributed by atoms with Crippen LogP contribution in [0.5, 0.6) is 0 Å². The molecule has 1 aliphatic rings. The zero-order chi connectivity index (χ0) is 19.8. The van der Waals surface area contributed by atoms with E-state index in [1.165, 1.54) is 0 Å². The summed E-state index contributed by atoms with van der Waals surface area (Å²) in [5.41, 5.74) is 1.67. The normalized spacial score (nSPS) is 15.9. The first-order valence-corrected chi connectivity index (χ1v) is 9.72. The van der Waals surface area contributed by atoms with Crippen molar-refractivity contribution in [3.8, 4) is 0 Å². The van der Waals surface area contributed by atoms with Gasteiger partial charge in [-0.05, 0) is 37.8 Å². The van der Waals surface area contributed by atoms with Gasteiger partial charge in [-0.15, -0.1) is 6.58 Å². The minimum absolute atomic E-state index is 0.0316. The van der Waals surface area contributed by atoms with Crippen molar-refractivity contribution in [3.05, 3.63) is 42.5 Å². The Labute approximate surface area is 162 Å². The van der Waals surface area contributed by atoms with Gasteiger partial charge >= 0.3 is 6.03 Å². The summed E-state index contributed by atoms with van der Waals surface area (Å²) in [5.74, 6) is 0.353. The zero-order valence-corrected chi connectivity index (χ0v) is 16.6. The van der Waals surface area contributed by atoms with Crippen molar-refractivity contribution in [2.24, 2.45) is 5.92 Å². The Hall–Kier alpha value is -2.50. The van der Waals surface area contributed by atoms with Crippen molar-refractivity contribution in [2.45, 2.75) is 45.7 Å². The minimum Gasteiger partial charge on any atom is -0.371 e. The smallest absolute Gasteiger partial charge is 0.315 e. The minimum atomic E-state index is -0.157. The molecular weight excluding hydrogens is 340 g/mol. The van der Waals surface area contributed by atoms with E-state index in [1.807, 2.05) is 31.2 Å². The molecule has 1 fully saturated rings. The molecule has 148 valence electrons. The van der Waals surface area contributed by atoms with Crippen LogP contribution in [0.2, 0.25) is 0 Å². The summed E-state index contributed by atoms with van der Waals surface area (Å²) in [6, 6.07) is 7.85. The lowest BCUT2D eigenvalue weighted by atomic mass is 10.0. The van der Waals surface area contributed by atoms with Crippen LogP contribution >= 0.6 is 0 Å². The predicted octanol–water partition coefficient (Wildman–Crippen LogP) is 2.91. The largest absolute Gasteiger partial charge is 0.371 e. The van der Waals surface area contributed by atoms with Gasteiger partial charge in [-0.1, -0.05) is 32.1 Å². The predicted molar refractivity (Wildman–Crippen MR) is 110 cm³/mol. The number of nitrogens with zero attached hydrogens (tertiary/aromatic N) is 1. The molecule has 1 heterocycles. The molecule has 0 bridgehead atoms. The standard InChI is InChI=1S/C21H32N4O2/c1-5-12-22-21(27)24-17-10-13-25(14-11-17)19-9-7-6-8-18(19)20(26)23-16(4)15(2)3/h5-9,15-17H,1,10-14H2,2-4H3,(H,23,26)(H2,22,24,27)/t16-/m0/s1. The molecule has 1 aliphatic heterocycles. The van der Waals surface area contributed by atoms with Gasteiger partial charge in [-0.25, -0.2) is 4.79 Å². The Kier molecular flexibility index (Phi) is 7.70. The first kappa shape index (κ1) is 20.8. The fourth-order valence-corrected chi connectivity index (χ4v) is 3.06. The summed E-state index contributed by atoms with van der Waals surface area (Å²) in [4.78, 5) is 26.7. The molecule has 6 heteroatoms. The van der Waals surface area contributed by atoms with Crippen LogP contribution in [0.1, 0.15) is 44.0 Å². The highest BCUT2D eigenvalue weighted by atomic mass is 16.2. The Bertz CT molecular complexity index is 651. The summed E-state index contributed by atoms with van der Waals surface area (Å²) >= 11 is 0. The van der Waals surface area contributed by atoms with Crippen LogP contribution in [0.15, 0.2) is 36.9 Å². The third-order valence-electron chi connectivity index (χ3n) is 5.09. The Balaban J connectivity index is 1.97. The van der Waals surface area contributed by atoms with E-state index in [0.29, 0.717) is 18.0 Å². The van der Waals surface area contributed by atoms with Crippen LogP contribution in [0.25, 0.3) is 0 Å². The zero-order valence-electron chi connectivity index (χ0n) is 16.6. The number of amides is 3. The van der Waals surface area contributed by atoms with Gasteiger partial charge in [-0.2, -0.15) is 0 Å². The molecule has 3 amide bonds. The highest BCUT2D eigenvalue weighted by Crippen LogP contribution is 2.24. The van der Waals surface area contributed by atoms with Gasteiger partial charge in [0.25, 0.3) is 5.91 Å². The molecule has 0 radical (unpaired) electrons. The first-order chi connectivity index (χ1) is 12.9. The monoisotopic (exact) mass is 372 g/mol. The van der Waals surface area contributed by atoms with Crippen LogP contribution < -0.4 is 20.9 Å². The molecule has 0 spiro atoms. The van der Waals surface area contributed by atoms with Crippen molar-refractivity contribution in [1.82, 2.24) is 16.0 Å². The average molecular weight is 373 g/mol. The lowest BCUT2D eigenvalue weighted by Crippen LogP contribution is -2.48. The molecule has 0 unspecified atom stereocenters. The number of rotatable bonds is 7. The fraction of sp³-hybridized carbons (Fsp3) is 0.524. The van der Waals surface area contributed by atoms with Gasteiger partial charge in [0, 0.05) is 37.4 Å². The van der Waals surface area contributed by atoms with E-state index >= 15 is 0 Å². The maximum Gasteiger partial charge on any atom is 0.315 e. The maximum absolute atomic E-state index is 12.7. The third-order valence-corrected chi connectivity index (χ3v) is 5.09. The average Bonchev–Trinajstić information content (AvgIpc) is 2.66. The first-order valence-electron chi connectivity index (χ1n) is 9.72. The Morgan fingerprint density at radius 2 is 1.89 bits per heavy atom. The van der Waals surface area contributed by atoms with Crippen LogP contribution in [0.4, 0.5) is 10.5 Å². The number of hydrogen-bond donors (Lipinski definition) is 3. The molecule has 2 rings (SSSR count). The van der Waals surface area contributed by atoms with Gasteiger partial charge in [-0.3, -0.25) is 4.79 Å². The third kappa shape index (κ3) is 6.01. The Morgan fingerprint density at radius 3 is 2.52 bits per heavy atom. The fourth-order valence-electron chi connectivity index (χ4n) is 3.06. The molecule has 0 aliphatic carbocycles. The molecule has 1 aromatic carbocycles. The summed E-state index contributed by atoms with van der Waals surface area (Å²) in [5, 5.41) is 8.83. The number of hydrogen-bond acceptors (Lipinski definition) is 3. The van der Waals surface area contributed by atoms with Gasteiger partial charge in [0.2, 0.25) is 0 Å². The van der Waals surface area contributed by atoms with Crippen molar-refractivity contribution in [3.63, 3.8) is 0 Å². The molecule has 1 saturated heterocycles. The number of benzene rings is 1. The number of urea groups is 1. The van der Waals surface area contributed by atoms with Crippen molar-refractivity contribution in [2.75, 3.05) is 24.5 Å². The second-order valence-corrected chi connectivity index (χ2v) is 7.43. The van der Waals surface area contributed by atoms with E-state index in [4.69, 9.17) is 0 Å².